The summed E-state index contributed by atoms with van der Waals surface area (Å²) in [6.07, 6.45) is 1.21. The molecule has 0 saturated carbocycles. The lowest BCUT2D eigenvalue weighted by Crippen LogP contribution is -2.34. The van der Waals surface area contributed by atoms with E-state index in [1.807, 2.05) is 49.0 Å². The predicted octanol–water partition coefficient (Wildman–Crippen LogP) is 3.47. The van der Waals surface area contributed by atoms with Crippen molar-refractivity contribution in [2.75, 3.05) is 12.3 Å². The van der Waals surface area contributed by atoms with Gasteiger partial charge >= 0.3 is 0 Å². The van der Waals surface area contributed by atoms with Crippen LogP contribution in [0.25, 0.3) is 0 Å². The van der Waals surface area contributed by atoms with E-state index in [0.29, 0.717) is 12.1 Å². The number of carbonyl (C=O) groups is 2. The van der Waals surface area contributed by atoms with E-state index in [4.69, 9.17) is 0 Å². The molecule has 2 amide bonds. The van der Waals surface area contributed by atoms with Gasteiger partial charge in [-0.2, -0.15) is 0 Å². The lowest BCUT2D eigenvalue weighted by Gasteiger charge is -2.25. The molecule has 0 aromatic heterocycles. The molecule has 0 bridgehead atoms. The van der Waals surface area contributed by atoms with Gasteiger partial charge in [-0.3, -0.25) is 9.59 Å². The Morgan fingerprint density at radius 3 is 2.84 bits per heavy atom. The minimum Gasteiger partial charge on any atom is -0.352 e. The van der Waals surface area contributed by atoms with Crippen LogP contribution in [0.3, 0.4) is 0 Å². The van der Waals surface area contributed by atoms with Crippen molar-refractivity contribution < 1.29 is 9.59 Å². The van der Waals surface area contributed by atoms with E-state index < -0.39 is 0 Å². The number of nitrogens with one attached hydrogen (secondary N) is 2. The number of rotatable bonds is 5. The first-order valence-corrected chi connectivity index (χ1v) is 9.48. The Morgan fingerprint density at radius 2 is 2.00 bits per heavy atom. The van der Waals surface area contributed by atoms with E-state index in [1.54, 1.807) is 6.07 Å². The van der Waals surface area contributed by atoms with Gasteiger partial charge in [0.15, 0.2) is 0 Å². The zero-order valence-electron chi connectivity index (χ0n) is 14.2. The van der Waals surface area contributed by atoms with Gasteiger partial charge in [-0.15, -0.1) is 11.8 Å². The van der Waals surface area contributed by atoms with Crippen LogP contribution in [0, 0.1) is 6.92 Å². The third kappa shape index (κ3) is 4.63. The first kappa shape index (κ1) is 17.5. The fraction of sp³-hybridized carbons (Fsp3) is 0.300. The second-order valence-electron chi connectivity index (χ2n) is 6.17. The summed E-state index contributed by atoms with van der Waals surface area (Å²) in [6, 6.07) is 15.7. The third-order valence-electron chi connectivity index (χ3n) is 4.21. The van der Waals surface area contributed by atoms with E-state index in [2.05, 4.69) is 22.8 Å². The van der Waals surface area contributed by atoms with E-state index in [9.17, 15) is 9.59 Å². The van der Waals surface area contributed by atoms with Crippen molar-refractivity contribution in [2.45, 2.75) is 30.7 Å². The Morgan fingerprint density at radius 1 is 1.16 bits per heavy atom. The number of carbonyl (C=O) groups excluding carboxylic acids is 2. The zero-order valence-corrected chi connectivity index (χ0v) is 15.1. The van der Waals surface area contributed by atoms with Gasteiger partial charge in [0, 0.05) is 29.2 Å². The van der Waals surface area contributed by atoms with Crippen molar-refractivity contribution in [3.05, 3.63) is 65.2 Å². The molecule has 0 fully saturated rings. The van der Waals surface area contributed by atoms with E-state index >= 15 is 0 Å². The topological polar surface area (TPSA) is 58.2 Å². The second-order valence-corrected chi connectivity index (χ2v) is 7.31. The number of fused-ring (bicyclic) bond motifs is 1. The van der Waals surface area contributed by atoms with Gasteiger partial charge in [0.05, 0.1) is 6.04 Å². The summed E-state index contributed by atoms with van der Waals surface area (Å²) in [6.45, 7) is 2.28. The van der Waals surface area contributed by atoms with E-state index in [-0.39, 0.29) is 24.3 Å². The quantitative estimate of drug-likeness (QED) is 0.864. The molecule has 1 heterocycles. The van der Waals surface area contributed by atoms with Gasteiger partial charge < -0.3 is 10.6 Å². The molecule has 25 heavy (non-hydrogen) atoms. The number of aryl methyl sites for hydroxylation is 1. The number of thioether (sulfide) groups is 1. The van der Waals surface area contributed by atoms with Crippen molar-refractivity contribution in [1.82, 2.24) is 10.6 Å². The molecule has 0 saturated heterocycles. The van der Waals surface area contributed by atoms with Crippen LogP contribution in [-0.2, 0) is 4.79 Å². The summed E-state index contributed by atoms with van der Waals surface area (Å²) in [5.74, 6) is 0.832. The Labute approximate surface area is 152 Å². The van der Waals surface area contributed by atoms with Crippen LogP contribution in [0.2, 0.25) is 0 Å². The van der Waals surface area contributed by atoms with Gasteiger partial charge in [-0.1, -0.05) is 35.9 Å². The molecule has 4 nitrogen and oxygen atoms in total. The molecular weight excluding hydrogens is 332 g/mol. The van der Waals surface area contributed by atoms with Crippen molar-refractivity contribution in [2.24, 2.45) is 0 Å². The largest absolute Gasteiger partial charge is 0.352 e. The first-order chi connectivity index (χ1) is 12.1. The molecule has 2 aromatic rings. The third-order valence-corrected chi connectivity index (χ3v) is 5.33. The van der Waals surface area contributed by atoms with Crippen LogP contribution in [0.1, 0.15) is 40.4 Å². The Hall–Kier alpha value is -2.27. The zero-order chi connectivity index (χ0) is 17.6. The fourth-order valence-electron chi connectivity index (χ4n) is 2.94. The van der Waals surface area contributed by atoms with Crippen molar-refractivity contribution in [1.29, 1.82) is 0 Å². The maximum absolute atomic E-state index is 12.2. The molecule has 2 N–H and O–H groups in total. The smallest absolute Gasteiger partial charge is 0.251 e. The van der Waals surface area contributed by atoms with E-state index in [0.717, 1.165) is 17.7 Å². The van der Waals surface area contributed by atoms with Crippen LogP contribution in [0.4, 0.5) is 0 Å². The van der Waals surface area contributed by atoms with Crippen molar-refractivity contribution >= 4 is 23.6 Å². The maximum Gasteiger partial charge on any atom is 0.251 e. The highest BCUT2D eigenvalue weighted by Gasteiger charge is 2.21. The van der Waals surface area contributed by atoms with Crippen LogP contribution >= 0.6 is 11.8 Å². The summed E-state index contributed by atoms with van der Waals surface area (Å²) >= 11 is 1.83. The fourth-order valence-corrected chi connectivity index (χ4v) is 4.06. The highest BCUT2D eigenvalue weighted by molar-refractivity contribution is 7.99. The molecule has 0 radical (unpaired) electrons. The molecule has 0 spiro atoms. The minimum absolute atomic E-state index is 0.0313. The Kier molecular flexibility index (Phi) is 5.76. The van der Waals surface area contributed by atoms with Crippen molar-refractivity contribution in [3.63, 3.8) is 0 Å². The normalized spacial score (nSPS) is 16.0. The number of hydrogen-bond donors (Lipinski definition) is 2. The SMILES string of the molecule is Cc1cccc(C(=O)NCCC(=O)NC2CCSc3ccccc32)c1. The molecule has 1 atom stereocenters. The molecule has 3 rings (SSSR count). The summed E-state index contributed by atoms with van der Waals surface area (Å²) < 4.78 is 0. The molecule has 5 heteroatoms. The number of benzene rings is 2. The van der Waals surface area contributed by atoms with Crippen LogP contribution < -0.4 is 10.6 Å². The summed E-state index contributed by atoms with van der Waals surface area (Å²) in [4.78, 5) is 25.6. The summed E-state index contributed by atoms with van der Waals surface area (Å²) in [7, 11) is 0. The Balaban J connectivity index is 1.48. The number of amides is 2. The van der Waals surface area contributed by atoms with Gasteiger partial charge in [0.2, 0.25) is 5.91 Å². The van der Waals surface area contributed by atoms with Crippen LogP contribution in [0.15, 0.2) is 53.4 Å². The highest BCUT2D eigenvalue weighted by atomic mass is 32.2. The maximum atomic E-state index is 12.2. The highest BCUT2D eigenvalue weighted by Crippen LogP contribution is 2.35. The van der Waals surface area contributed by atoms with Crippen LogP contribution in [0.5, 0.6) is 0 Å². The minimum atomic E-state index is -0.143. The van der Waals surface area contributed by atoms with Gasteiger partial charge in [0.25, 0.3) is 5.91 Å². The average molecular weight is 354 g/mol. The molecule has 0 aliphatic carbocycles. The van der Waals surface area contributed by atoms with Crippen molar-refractivity contribution in [3.8, 4) is 0 Å². The molecule has 1 aliphatic heterocycles. The lowest BCUT2D eigenvalue weighted by molar-refractivity contribution is -0.121. The molecule has 1 unspecified atom stereocenters. The summed E-state index contributed by atoms with van der Waals surface area (Å²) in [5.41, 5.74) is 2.86. The molecule has 1 aliphatic rings. The first-order valence-electron chi connectivity index (χ1n) is 8.49. The summed E-state index contributed by atoms with van der Waals surface area (Å²) in [5, 5.41) is 5.90. The average Bonchev–Trinajstić information content (AvgIpc) is 2.62. The lowest BCUT2D eigenvalue weighted by atomic mass is 10.0. The second kappa shape index (κ2) is 8.21. The molecular formula is C20H22N2O2S. The Bertz CT molecular complexity index is 776. The van der Waals surface area contributed by atoms with E-state index in [1.165, 1.54) is 10.5 Å². The van der Waals surface area contributed by atoms with Crippen LogP contribution in [-0.4, -0.2) is 24.1 Å². The van der Waals surface area contributed by atoms with Gasteiger partial charge in [-0.05, 0) is 37.1 Å². The predicted molar refractivity (Wildman–Crippen MR) is 101 cm³/mol. The van der Waals surface area contributed by atoms with Gasteiger partial charge in [-0.25, -0.2) is 0 Å². The molecule has 130 valence electrons. The monoisotopic (exact) mass is 354 g/mol. The van der Waals surface area contributed by atoms with Gasteiger partial charge in [0.1, 0.15) is 0 Å². The molecule has 2 aromatic carbocycles. The number of hydrogen-bond acceptors (Lipinski definition) is 3. The standard InChI is InChI=1S/C20H22N2O2S/c1-14-5-4-6-15(13-14)20(24)21-11-9-19(23)22-17-10-12-25-18-8-3-2-7-16(17)18/h2-8,13,17H,9-12H2,1H3,(H,21,24)(H,22,23).